The Hall–Kier alpha value is -1.79. The Morgan fingerprint density at radius 3 is 2.71 bits per heavy atom. The highest BCUT2D eigenvalue weighted by molar-refractivity contribution is 6.30. The molecular weight excluding hydrogens is 332 g/mol. The van der Waals surface area contributed by atoms with Crippen LogP contribution in [0.5, 0.6) is 5.75 Å². The molecule has 2 fully saturated rings. The maximum Gasteiger partial charge on any atom is 0.326 e. The minimum absolute atomic E-state index is 0.108. The van der Waals surface area contributed by atoms with E-state index in [2.05, 4.69) is 5.32 Å². The topological polar surface area (TPSA) is 78.9 Å². The lowest BCUT2D eigenvalue weighted by atomic mass is 9.77. The van der Waals surface area contributed by atoms with Crippen molar-refractivity contribution < 1.29 is 19.4 Å². The van der Waals surface area contributed by atoms with Gasteiger partial charge >= 0.3 is 5.97 Å². The van der Waals surface area contributed by atoms with E-state index in [0.717, 1.165) is 25.9 Å². The van der Waals surface area contributed by atoms with E-state index in [4.69, 9.17) is 16.3 Å². The molecule has 6 nitrogen and oxygen atoms in total. The fourth-order valence-corrected chi connectivity index (χ4v) is 3.97. The van der Waals surface area contributed by atoms with Crippen LogP contribution in [0, 0.1) is 5.41 Å². The van der Waals surface area contributed by atoms with Crippen molar-refractivity contribution in [2.24, 2.45) is 5.41 Å². The summed E-state index contributed by atoms with van der Waals surface area (Å²) in [7, 11) is 1.47. The van der Waals surface area contributed by atoms with Gasteiger partial charge in [0.15, 0.2) is 0 Å². The maximum atomic E-state index is 13.0. The number of methoxy groups -OCH3 is 1. The van der Waals surface area contributed by atoms with Gasteiger partial charge in [-0.1, -0.05) is 11.6 Å². The van der Waals surface area contributed by atoms with Crippen molar-refractivity contribution in [1.29, 1.82) is 0 Å². The molecule has 1 spiro atoms. The first-order valence-electron chi connectivity index (χ1n) is 8.04. The average Bonchev–Trinajstić information content (AvgIpc) is 2.94. The quantitative estimate of drug-likeness (QED) is 0.870. The Bertz CT molecular complexity index is 658. The first kappa shape index (κ1) is 17.0. The number of amides is 1. The zero-order chi connectivity index (χ0) is 17.3. The summed E-state index contributed by atoms with van der Waals surface area (Å²) in [6.07, 6.45) is 2.28. The molecule has 0 aromatic heterocycles. The molecule has 0 radical (unpaired) electrons. The first-order valence-corrected chi connectivity index (χ1v) is 8.42. The lowest BCUT2D eigenvalue weighted by Crippen LogP contribution is -2.42. The number of hydrogen-bond donors (Lipinski definition) is 2. The van der Waals surface area contributed by atoms with Crippen molar-refractivity contribution in [3.63, 3.8) is 0 Å². The number of rotatable bonds is 3. The van der Waals surface area contributed by atoms with E-state index in [1.165, 1.54) is 12.0 Å². The molecule has 2 N–H and O–H groups in total. The van der Waals surface area contributed by atoms with Crippen LogP contribution in [0.15, 0.2) is 18.2 Å². The molecule has 24 heavy (non-hydrogen) atoms. The number of benzene rings is 1. The van der Waals surface area contributed by atoms with Crippen molar-refractivity contribution in [3.8, 4) is 5.75 Å². The zero-order valence-electron chi connectivity index (χ0n) is 13.5. The number of hydrogen-bond acceptors (Lipinski definition) is 4. The largest absolute Gasteiger partial charge is 0.496 e. The Labute approximate surface area is 145 Å². The second kappa shape index (κ2) is 6.61. The van der Waals surface area contributed by atoms with E-state index >= 15 is 0 Å². The van der Waals surface area contributed by atoms with E-state index < -0.39 is 12.0 Å². The number of ether oxygens (including phenoxy) is 1. The Morgan fingerprint density at radius 1 is 1.38 bits per heavy atom. The van der Waals surface area contributed by atoms with Gasteiger partial charge in [-0.15, -0.1) is 0 Å². The summed E-state index contributed by atoms with van der Waals surface area (Å²) in [5.74, 6) is -0.902. The van der Waals surface area contributed by atoms with Gasteiger partial charge in [0.05, 0.1) is 12.7 Å². The molecule has 1 amide bonds. The van der Waals surface area contributed by atoms with Crippen LogP contribution in [0.2, 0.25) is 5.02 Å². The second-order valence-corrected chi connectivity index (χ2v) is 7.02. The van der Waals surface area contributed by atoms with Crippen LogP contribution in [0.4, 0.5) is 0 Å². The number of aliphatic carboxylic acids is 1. The van der Waals surface area contributed by atoms with Crippen LogP contribution in [-0.4, -0.2) is 54.7 Å². The normalized spacial score (nSPS) is 22.6. The highest BCUT2D eigenvalue weighted by Crippen LogP contribution is 2.43. The third kappa shape index (κ3) is 3.08. The number of carboxylic acids is 1. The monoisotopic (exact) mass is 352 g/mol. The van der Waals surface area contributed by atoms with Crippen LogP contribution < -0.4 is 10.1 Å². The molecule has 2 aliphatic rings. The van der Waals surface area contributed by atoms with Crippen molar-refractivity contribution >= 4 is 23.5 Å². The predicted molar refractivity (Wildman–Crippen MR) is 89.6 cm³/mol. The molecular formula is C17H21ClN2O4. The van der Waals surface area contributed by atoms with Crippen LogP contribution in [0.25, 0.3) is 0 Å². The number of nitrogens with one attached hydrogen (secondary N) is 1. The van der Waals surface area contributed by atoms with Gasteiger partial charge in [-0.25, -0.2) is 4.79 Å². The summed E-state index contributed by atoms with van der Waals surface area (Å²) in [4.78, 5) is 26.2. The summed E-state index contributed by atoms with van der Waals surface area (Å²) in [5.41, 5.74) is 0.239. The van der Waals surface area contributed by atoms with Gasteiger partial charge in [0, 0.05) is 11.6 Å². The predicted octanol–water partition coefficient (Wildman–Crippen LogP) is 2.02. The van der Waals surface area contributed by atoms with Gasteiger partial charge in [0.2, 0.25) is 0 Å². The molecule has 2 heterocycles. The van der Waals surface area contributed by atoms with Crippen molar-refractivity contribution in [2.45, 2.75) is 25.3 Å². The third-order valence-electron chi connectivity index (χ3n) is 5.11. The minimum atomic E-state index is -0.952. The number of carboxylic acid groups (broad SMARTS) is 1. The van der Waals surface area contributed by atoms with Crippen LogP contribution >= 0.6 is 11.6 Å². The molecule has 3 rings (SSSR count). The van der Waals surface area contributed by atoms with Crippen LogP contribution in [0.3, 0.4) is 0 Å². The SMILES string of the molecule is COc1cc(Cl)ccc1C(=O)N1CC2(CCNCC2)C[C@H]1C(=O)O. The van der Waals surface area contributed by atoms with Crippen molar-refractivity contribution in [1.82, 2.24) is 10.2 Å². The smallest absolute Gasteiger partial charge is 0.326 e. The van der Waals surface area contributed by atoms with E-state index in [9.17, 15) is 14.7 Å². The van der Waals surface area contributed by atoms with E-state index in [1.807, 2.05) is 0 Å². The Balaban J connectivity index is 1.91. The van der Waals surface area contributed by atoms with Crippen molar-refractivity contribution in [3.05, 3.63) is 28.8 Å². The van der Waals surface area contributed by atoms with Crippen LogP contribution in [0.1, 0.15) is 29.6 Å². The summed E-state index contributed by atoms with van der Waals surface area (Å²) in [6.45, 7) is 2.19. The van der Waals surface area contributed by atoms with Gasteiger partial charge in [-0.3, -0.25) is 4.79 Å². The van der Waals surface area contributed by atoms with Crippen molar-refractivity contribution in [2.75, 3.05) is 26.7 Å². The summed E-state index contributed by atoms with van der Waals surface area (Å²) in [6, 6.07) is 3.98. The Kier molecular flexibility index (Phi) is 4.69. The maximum absolute atomic E-state index is 13.0. The summed E-state index contributed by atoms with van der Waals surface area (Å²) in [5, 5.41) is 13.4. The number of piperidine rings is 1. The van der Waals surface area contributed by atoms with Gasteiger partial charge in [0.25, 0.3) is 5.91 Å². The fourth-order valence-electron chi connectivity index (χ4n) is 3.81. The first-order chi connectivity index (χ1) is 11.5. The van der Waals surface area contributed by atoms with Gasteiger partial charge in [-0.05, 0) is 56.0 Å². The molecule has 130 valence electrons. The molecule has 0 saturated carbocycles. The van der Waals surface area contributed by atoms with E-state index in [-0.39, 0.29) is 11.3 Å². The molecule has 1 aromatic rings. The lowest BCUT2D eigenvalue weighted by Gasteiger charge is -2.33. The molecule has 1 atom stereocenters. The number of likely N-dealkylation sites (tertiary alicyclic amines) is 1. The second-order valence-electron chi connectivity index (χ2n) is 6.59. The van der Waals surface area contributed by atoms with E-state index in [0.29, 0.717) is 29.3 Å². The zero-order valence-corrected chi connectivity index (χ0v) is 14.3. The molecule has 0 aliphatic carbocycles. The fraction of sp³-hybridized carbons (Fsp3) is 0.529. The molecule has 1 aromatic carbocycles. The van der Waals surface area contributed by atoms with Gasteiger partial charge in [0.1, 0.15) is 11.8 Å². The van der Waals surface area contributed by atoms with Crippen LogP contribution in [-0.2, 0) is 4.79 Å². The Morgan fingerprint density at radius 2 is 2.08 bits per heavy atom. The lowest BCUT2D eigenvalue weighted by molar-refractivity contribution is -0.141. The average molecular weight is 353 g/mol. The molecule has 2 aliphatic heterocycles. The van der Waals surface area contributed by atoms with Gasteiger partial charge in [-0.2, -0.15) is 0 Å². The number of halogens is 1. The molecule has 7 heteroatoms. The molecule has 0 unspecified atom stereocenters. The minimum Gasteiger partial charge on any atom is -0.496 e. The molecule has 0 bridgehead atoms. The highest BCUT2D eigenvalue weighted by atomic mass is 35.5. The molecule has 2 saturated heterocycles. The summed E-state index contributed by atoms with van der Waals surface area (Å²) >= 11 is 5.95. The third-order valence-corrected chi connectivity index (χ3v) is 5.35. The number of nitrogens with zero attached hydrogens (tertiary/aromatic N) is 1. The standard InChI is InChI=1S/C17H21ClN2O4/c1-24-14-8-11(18)2-3-12(14)15(21)20-10-17(4-6-19-7-5-17)9-13(20)16(22)23/h2-3,8,13,19H,4-7,9-10H2,1H3,(H,22,23)/t13-/m0/s1. The van der Waals surface area contributed by atoms with Gasteiger partial charge < -0.3 is 20.1 Å². The number of carbonyl (C=O) groups is 2. The highest BCUT2D eigenvalue weighted by Gasteiger charge is 2.49. The number of carbonyl (C=O) groups excluding carboxylic acids is 1. The summed E-state index contributed by atoms with van der Waals surface area (Å²) < 4.78 is 5.25. The van der Waals surface area contributed by atoms with E-state index in [1.54, 1.807) is 18.2 Å².